The lowest BCUT2D eigenvalue weighted by molar-refractivity contribution is -0.0328. The molecule has 6 heteroatoms. The zero-order valence-electron chi connectivity index (χ0n) is 15.4. The van der Waals surface area contributed by atoms with Gasteiger partial charge in [0.05, 0.1) is 18.2 Å². The van der Waals surface area contributed by atoms with Crippen molar-refractivity contribution in [3.63, 3.8) is 0 Å². The van der Waals surface area contributed by atoms with Gasteiger partial charge < -0.3 is 25.2 Å². The van der Waals surface area contributed by atoms with Crippen molar-refractivity contribution in [2.75, 3.05) is 26.2 Å². The Morgan fingerprint density at radius 2 is 1.88 bits per heavy atom. The smallest absolute Gasteiger partial charge is 0.410 e. The number of nitrogens with zero attached hydrogens (tertiary/aromatic N) is 1. The molecule has 0 saturated carbocycles. The fourth-order valence-corrected chi connectivity index (χ4v) is 2.90. The first-order valence-corrected chi connectivity index (χ1v) is 8.82. The minimum Gasteiger partial charge on any atom is -0.444 e. The van der Waals surface area contributed by atoms with Gasteiger partial charge in [0, 0.05) is 19.6 Å². The highest BCUT2D eigenvalue weighted by molar-refractivity contribution is 5.68. The summed E-state index contributed by atoms with van der Waals surface area (Å²) in [5, 5.41) is 23.6. The molecule has 1 aromatic carbocycles. The maximum Gasteiger partial charge on any atom is 0.410 e. The molecule has 0 spiro atoms. The number of hydrogen-bond donors (Lipinski definition) is 3. The molecule has 1 atom stereocenters. The van der Waals surface area contributed by atoms with Crippen molar-refractivity contribution >= 4 is 6.09 Å². The number of hydrogen-bond acceptors (Lipinski definition) is 5. The molecule has 1 heterocycles. The van der Waals surface area contributed by atoms with Gasteiger partial charge in [-0.3, -0.25) is 0 Å². The van der Waals surface area contributed by atoms with Crippen LogP contribution in [-0.4, -0.2) is 58.6 Å². The first kappa shape index (κ1) is 19.7. The van der Waals surface area contributed by atoms with Crippen molar-refractivity contribution in [2.24, 2.45) is 0 Å². The number of carbonyl (C=O) groups is 1. The highest BCUT2D eigenvalue weighted by Crippen LogP contribution is 2.24. The van der Waals surface area contributed by atoms with Crippen molar-refractivity contribution in [1.82, 2.24) is 10.2 Å². The molecule has 1 aliphatic rings. The highest BCUT2D eigenvalue weighted by atomic mass is 16.6. The van der Waals surface area contributed by atoms with E-state index < -0.39 is 11.2 Å². The van der Waals surface area contributed by atoms with Crippen LogP contribution in [-0.2, 0) is 4.74 Å². The molecule has 1 aromatic rings. The Kier molecular flexibility index (Phi) is 6.43. The van der Waals surface area contributed by atoms with Crippen LogP contribution in [0.25, 0.3) is 0 Å². The van der Waals surface area contributed by atoms with E-state index >= 15 is 0 Å². The van der Waals surface area contributed by atoms with Crippen molar-refractivity contribution in [3.8, 4) is 0 Å². The van der Waals surface area contributed by atoms with Gasteiger partial charge in [0.2, 0.25) is 0 Å². The summed E-state index contributed by atoms with van der Waals surface area (Å²) in [7, 11) is 0. The number of aliphatic hydroxyl groups excluding tert-OH is 1. The molecule has 25 heavy (non-hydrogen) atoms. The Hall–Kier alpha value is -1.63. The minimum absolute atomic E-state index is 0.0376. The van der Waals surface area contributed by atoms with E-state index in [9.17, 15) is 15.0 Å². The second-order valence-corrected chi connectivity index (χ2v) is 7.72. The first-order valence-electron chi connectivity index (χ1n) is 8.82. The first-order chi connectivity index (χ1) is 11.7. The molecule has 1 fully saturated rings. The van der Waals surface area contributed by atoms with E-state index in [2.05, 4.69) is 5.32 Å². The second-order valence-electron chi connectivity index (χ2n) is 7.72. The Morgan fingerprint density at radius 1 is 1.28 bits per heavy atom. The van der Waals surface area contributed by atoms with Crippen LogP contribution in [0.1, 0.15) is 45.2 Å². The Morgan fingerprint density at radius 3 is 2.40 bits per heavy atom. The van der Waals surface area contributed by atoms with Crippen LogP contribution in [0.5, 0.6) is 0 Å². The van der Waals surface area contributed by atoms with Crippen molar-refractivity contribution in [3.05, 3.63) is 35.9 Å². The molecule has 0 unspecified atom stereocenters. The summed E-state index contributed by atoms with van der Waals surface area (Å²) in [6.45, 7) is 6.78. The fourth-order valence-electron chi connectivity index (χ4n) is 2.90. The quantitative estimate of drug-likeness (QED) is 0.757. The zero-order chi connectivity index (χ0) is 18.5. The summed E-state index contributed by atoms with van der Waals surface area (Å²) < 4.78 is 5.38. The van der Waals surface area contributed by atoms with Crippen LogP contribution in [0.2, 0.25) is 0 Å². The maximum atomic E-state index is 12.1. The zero-order valence-corrected chi connectivity index (χ0v) is 15.4. The predicted octanol–water partition coefficient (Wildman–Crippen LogP) is 2.07. The average Bonchev–Trinajstić information content (AvgIpc) is 2.55. The molecule has 0 aromatic heterocycles. The summed E-state index contributed by atoms with van der Waals surface area (Å²) in [5.41, 5.74) is -0.420. The van der Waals surface area contributed by atoms with Crippen LogP contribution in [0, 0.1) is 0 Å². The van der Waals surface area contributed by atoms with Crippen LogP contribution < -0.4 is 5.32 Å². The van der Waals surface area contributed by atoms with E-state index in [0.717, 1.165) is 5.56 Å². The van der Waals surface area contributed by atoms with Crippen molar-refractivity contribution in [2.45, 2.75) is 50.9 Å². The van der Waals surface area contributed by atoms with E-state index in [-0.39, 0.29) is 18.7 Å². The van der Waals surface area contributed by atoms with Gasteiger partial charge in [-0.15, -0.1) is 0 Å². The summed E-state index contributed by atoms with van der Waals surface area (Å²) in [6.07, 6.45) is 0.623. The van der Waals surface area contributed by atoms with E-state index in [0.29, 0.717) is 32.5 Å². The van der Waals surface area contributed by atoms with Gasteiger partial charge in [-0.2, -0.15) is 0 Å². The van der Waals surface area contributed by atoms with Crippen molar-refractivity contribution in [1.29, 1.82) is 0 Å². The topological polar surface area (TPSA) is 82.0 Å². The summed E-state index contributed by atoms with van der Waals surface area (Å²) in [6, 6.07) is 9.46. The lowest BCUT2D eigenvalue weighted by atomic mass is 9.91. The number of aliphatic hydroxyl groups is 2. The molecular formula is C19H30N2O4. The molecular weight excluding hydrogens is 320 g/mol. The number of rotatable bonds is 5. The molecule has 0 aliphatic carbocycles. The van der Waals surface area contributed by atoms with Gasteiger partial charge in [-0.25, -0.2) is 4.79 Å². The van der Waals surface area contributed by atoms with Gasteiger partial charge in [-0.05, 0) is 39.2 Å². The lowest BCUT2D eigenvalue weighted by Crippen LogP contribution is -2.52. The molecule has 1 amide bonds. The Labute approximate surface area is 149 Å². The van der Waals surface area contributed by atoms with Crippen LogP contribution in [0.15, 0.2) is 30.3 Å². The van der Waals surface area contributed by atoms with Gasteiger partial charge in [0.1, 0.15) is 5.60 Å². The lowest BCUT2D eigenvalue weighted by Gasteiger charge is -2.39. The SMILES string of the molecule is CC(C)(C)OC(=O)N1CCC(O)(CN[C@@H](CO)c2ccccc2)CC1. The molecule has 140 valence electrons. The molecule has 0 radical (unpaired) electrons. The van der Waals surface area contributed by atoms with Crippen LogP contribution >= 0.6 is 0 Å². The highest BCUT2D eigenvalue weighted by Gasteiger charge is 2.35. The monoisotopic (exact) mass is 350 g/mol. The Bertz CT molecular complexity index is 548. The largest absolute Gasteiger partial charge is 0.444 e. The van der Waals surface area contributed by atoms with E-state index in [4.69, 9.17) is 4.74 Å². The normalized spacial score (nSPS) is 18.7. The molecule has 6 nitrogen and oxygen atoms in total. The van der Waals surface area contributed by atoms with Gasteiger partial charge in [-0.1, -0.05) is 30.3 Å². The third kappa shape index (κ3) is 5.99. The predicted molar refractivity (Wildman–Crippen MR) is 96.3 cm³/mol. The standard InChI is InChI=1S/C19H30N2O4/c1-18(2,3)25-17(23)21-11-9-19(24,10-12-21)14-20-16(13-22)15-7-5-4-6-8-15/h4-8,16,20,22,24H,9-14H2,1-3H3/t16-/m0/s1. The Balaban J connectivity index is 1.85. The number of ether oxygens (including phenoxy) is 1. The van der Waals surface area contributed by atoms with Crippen molar-refractivity contribution < 1.29 is 19.7 Å². The fraction of sp³-hybridized carbons (Fsp3) is 0.632. The third-order valence-electron chi connectivity index (χ3n) is 4.41. The van der Waals surface area contributed by atoms with Gasteiger partial charge >= 0.3 is 6.09 Å². The number of amides is 1. The molecule has 1 aliphatic heterocycles. The van der Waals surface area contributed by atoms with E-state index in [1.165, 1.54) is 0 Å². The minimum atomic E-state index is -0.888. The summed E-state index contributed by atoms with van der Waals surface area (Å²) in [5.74, 6) is 0. The summed E-state index contributed by atoms with van der Waals surface area (Å²) in [4.78, 5) is 13.7. The van der Waals surface area contributed by atoms with Crippen LogP contribution in [0.4, 0.5) is 4.79 Å². The summed E-state index contributed by atoms with van der Waals surface area (Å²) >= 11 is 0. The molecule has 3 N–H and O–H groups in total. The average molecular weight is 350 g/mol. The number of benzene rings is 1. The third-order valence-corrected chi connectivity index (χ3v) is 4.41. The number of nitrogens with one attached hydrogen (secondary N) is 1. The van der Waals surface area contributed by atoms with E-state index in [1.807, 2.05) is 51.1 Å². The molecule has 2 rings (SSSR count). The number of likely N-dealkylation sites (tertiary alicyclic amines) is 1. The maximum absolute atomic E-state index is 12.1. The molecule has 1 saturated heterocycles. The van der Waals surface area contributed by atoms with Gasteiger partial charge in [0.25, 0.3) is 0 Å². The molecule has 0 bridgehead atoms. The van der Waals surface area contributed by atoms with Gasteiger partial charge in [0.15, 0.2) is 0 Å². The number of carbonyl (C=O) groups excluding carboxylic acids is 1. The van der Waals surface area contributed by atoms with Crippen LogP contribution in [0.3, 0.4) is 0 Å². The van der Waals surface area contributed by atoms with E-state index in [1.54, 1.807) is 4.90 Å². The second kappa shape index (κ2) is 8.17. The number of piperidine rings is 1.